The van der Waals surface area contributed by atoms with Gasteiger partial charge in [-0.2, -0.15) is 0 Å². The van der Waals surface area contributed by atoms with E-state index in [-0.39, 0.29) is 53.0 Å². The molecule has 2 aromatic rings. The Bertz CT molecular complexity index is 1330. The number of hydrogen-bond donors (Lipinski definition) is 1. The maximum absolute atomic E-state index is 13.5. The molecule has 0 radical (unpaired) electrons. The molecule has 3 aliphatic rings. The van der Waals surface area contributed by atoms with Crippen LogP contribution >= 0.6 is 11.6 Å². The van der Waals surface area contributed by atoms with E-state index in [1.807, 2.05) is 20.8 Å². The van der Waals surface area contributed by atoms with E-state index in [2.05, 4.69) is 12.2 Å². The number of esters is 2. The lowest BCUT2D eigenvalue weighted by atomic mass is 9.78. The summed E-state index contributed by atoms with van der Waals surface area (Å²) in [4.78, 5) is 26.7. The molecule has 2 aromatic carbocycles. The van der Waals surface area contributed by atoms with Crippen molar-refractivity contribution < 1.29 is 33.6 Å². The summed E-state index contributed by atoms with van der Waals surface area (Å²) in [6.07, 6.45) is 5.62. The molecule has 1 heterocycles. The molecule has 0 saturated heterocycles. The fourth-order valence-corrected chi connectivity index (χ4v) is 6.10. The highest BCUT2D eigenvalue weighted by Gasteiger charge is 2.51. The lowest BCUT2D eigenvalue weighted by Crippen LogP contribution is -2.35. The number of aliphatic hydroxyl groups is 1. The summed E-state index contributed by atoms with van der Waals surface area (Å²) in [6, 6.07) is 4.93. The second-order valence-corrected chi connectivity index (χ2v) is 11.6. The zero-order valence-corrected chi connectivity index (χ0v) is 23.1. The van der Waals surface area contributed by atoms with Crippen LogP contribution in [0, 0.1) is 30.1 Å². The number of rotatable bonds is 6. The number of benzene rings is 2. The third kappa shape index (κ3) is 4.46. The van der Waals surface area contributed by atoms with Gasteiger partial charge in [0.25, 0.3) is 0 Å². The second-order valence-electron chi connectivity index (χ2n) is 11.2. The number of hydrogen-bond acceptors (Lipinski definition) is 7. The van der Waals surface area contributed by atoms with E-state index >= 15 is 0 Å². The minimum Gasteiger partial charge on any atom is -0.495 e. The van der Waals surface area contributed by atoms with Gasteiger partial charge in [-0.3, -0.25) is 4.79 Å². The van der Waals surface area contributed by atoms with Crippen molar-refractivity contribution in [3.8, 4) is 23.0 Å². The molecule has 8 heteroatoms. The summed E-state index contributed by atoms with van der Waals surface area (Å²) in [7, 11) is 1.43. The van der Waals surface area contributed by atoms with Gasteiger partial charge in [-0.25, -0.2) is 4.79 Å². The monoisotopic (exact) mass is 540 g/mol. The van der Waals surface area contributed by atoms with Crippen molar-refractivity contribution in [2.75, 3.05) is 7.11 Å². The van der Waals surface area contributed by atoms with Gasteiger partial charge in [-0.15, -0.1) is 0 Å². The molecule has 2 unspecified atom stereocenters. The molecule has 2 aliphatic carbocycles. The van der Waals surface area contributed by atoms with Crippen LogP contribution in [0.1, 0.15) is 73.2 Å². The van der Waals surface area contributed by atoms with Crippen LogP contribution in [0.4, 0.5) is 0 Å². The fraction of sp³-hybridized carbons (Fsp3) is 0.467. The standard InChI is InChI=1S/C30H33ClO7/c1-15(2)10-21(32)19-8-9-22-24(27(19)35-5)28(33)36-14-20-25(31)16(3)11-23(26(20)37-22)38-29(34)30(4)13-17-6-7-18(30)12-17/h6-9,11,15,17-18,21,32H,10,12-14H2,1-5H3/t17?,18?,21-,30-/m0/s1. The van der Waals surface area contributed by atoms with Gasteiger partial charge in [0.2, 0.25) is 0 Å². The molecular formula is C30H33ClO7. The van der Waals surface area contributed by atoms with Crippen molar-refractivity contribution in [2.24, 2.45) is 23.2 Å². The van der Waals surface area contributed by atoms with Gasteiger partial charge in [-0.05, 0) is 74.6 Å². The first kappa shape index (κ1) is 26.6. The highest BCUT2D eigenvalue weighted by atomic mass is 35.5. The number of halogens is 1. The Morgan fingerprint density at radius 1 is 1.29 bits per heavy atom. The summed E-state index contributed by atoms with van der Waals surface area (Å²) in [5.41, 5.74) is 0.965. The Balaban J connectivity index is 1.57. The number of aryl methyl sites for hydroxylation is 1. The van der Waals surface area contributed by atoms with Crippen molar-refractivity contribution >= 4 is 23.5 Å². The van der Waals surface area contributed by atoms with Crippen molar-refractivity contribution in [3.63, 3.8) is 0 Å². The number of cyclic esters (lactones) is 1. The summed E-state index contributed by atoms with van der Waals surface area (Å²) < 4.78 is 23.5. The number of carbonyl (C=O) groups is 2. The molecule has 2 bridgehead atoms. The Morgan fingerprint density at radius 3 is 2.68 bits per heavy atom. The normalized spacial score (nSPS) is 24.2. The van der Waals surface area contributed by atoms with E-state index in [9.17, 15) is 14.7 Å². The average molecular weight is 541 g/mol. The SMILES string of the molecule is COc1c([C@@H](O)CC(C)C)ccc2c1C(=O)OCc1c(Cl)c(C)cc(OC(=O)[C@@]3(C)CC4C=CC3C4)c1O2. The molecule has 1 fully saturated rings. The zero-order valence-electron chi connectivity index (χ0n) is 22.3. The topological polar surface area (TPSA) is 91.3 Å². The summed E-state index contributed by atoms with van der Waals surface area (Å²) in [5, 5.41) is 11.2. The smallest absolute Gasteiger partial charge is 0.346 e. The molecule has 1 aliphatic heterocycles. The molecule has 0 aromatic heterocycles. The molecule has 7 nitrogen and oxygen atoms in total. The van der Waals surface area contributed by atoms with Crippen molar-refractivity contribution in [1.29, 1.82) is 0 Å². The maximum atomic E-state index is 13.5. The minimum absolute atomic E-state index is 0.0534. The molecule has 202 valence electrons. The Labute approximate surface area is 227 Å². The number of fused-ring (bicyclic) bond motifs is 4. The summed E-state index contributed by atoms with van der Waals surface area (Å²) in [6.45, 7) is 7.55. The van der Waals surface area contributed by atoms with Gasteiger partial charge in [0.05, 0.1) is 29.2 Å². The first-order chi connectivity index (χ1) is 18.0. The molecule has 38 heavy (non-hydrogen) atoms. The van der Waals surface area contributed by atoms with Crippen LogP contribution in [0.5, 0.6) is 23.0 Å². The van der Waals surface area contributed by atoms with Crippen LogP contribution in [0.3, 0.4) is 0 Å². The van der Waals surface area contributed by atoms with E-state index < -0.39 is 17.5 Å². The van der Waals surface area contributed by atoms with Crippen LogP contribution < -0.4 is 14.2 Å². The fourth-order valence-electron chi connectivity index (χ4n) is 5.91. The zero-order chi connectivity index (χ0) is 27.4. The predicted octanol–water partition coefficient (Wildman–Crippen LogP) is 6.71. The van der Waals surface area contributed by atoms with Crippen LogP contribution in [-0.4, -0.2) is 24.2 Å². The predicted molar refractivity (Wildman–Crippen MR) is 142 cm³/mol. The molecule has 4 atom stereocenters. The van der Waals surface area contributed by atoms with E-state index in [4.69, 9.17) is 30.5 Å². The van der Waals surface area contributed by atoms with E-state index in [1.54, 1.807) is 25.1 Å². The van der Waals surface area contributed by atoms with Gasteiger partial charge in [-0.1, -0.05) is 37.6 Å². The highest BCUT2D eigenvalue weighted by molar-refractivity contribution is 6.32. The first-order valence-electron chi connectivity index (χ1n) is 13.0. The largest absolute Gasteiger partial charge is 0.495 e. The highest BCUT2D eigenvalue weighted by Crippen LogP contribution is 2.53. The number of carbonyl (C=O) groups excluding carboxylic acids is 2. The van der Waals surface area contributed by atoms with Crippen molar-refractivity contribution in [3.05, 3.63) is 57.6 Å². The summed E-state index contributed by atoms with van der Waals surface area (Å²) in [5.74, 6) is 0.514. The van der Waals surface area contributed by atoms with Crippen molar-refractivity contribution in [1.82, 2.24) is 0 Å². The van der Waals surface area contributed by atoms with Gasteiger partial charge in [0.15, 0.2) is 11.5 Å². The Morgan fingerprint density at radius 2 is 2.05 bits per heavy atom. The van der Waals surface area contributed by atoms with Gasteiger partial charge in [0, 0.05) is 5.56 Å². The number of aliphatic hydroxyl groups excluding tert-OH is 1. The Hall–Kier alpha value is -3.03. The van der Waals surface area contributed by atoms with E-state index in [0.29, 0.717) is 34.1 Å². The molecule has 0 spiro atoms. The third-order valence-electron chi connectivity index (χ3n) is 7.97. The van der Waals surface area contributed by atoms with E-state index in [1.165, 1.54) is 7.11 Å². The van der Waals surface area contributed by atoms with Gasteiger partial charge >= 0.3 is 11.9 Å². The number of ether oxygens (including phenoxy) is 4. The molecule has 1 saturated carbocycles. The van der Waals surface area contributed by atoms with Gasteiger partial charge < -0.3 is 24.1 Å². The average Bonchev–Trinajstić information content (AvgIpc) is 3.46. The van der Waals surface area contributed by atoms with Crippen molar-refractivity contribution in [2.45, 2.75) is 59.7 Å². The molecular weight excluding hydrogens is 508 g/mol. The Kier molecular flexibility index (Phi) is 6.95. The molecule has 1 N–H and O–H groups in total. The first-order valence-corrected chi connectivity index (χ1v) is 13.4. The summed E-state index contributed by atoms with van der Waals surface area (Å²) >= 11 is 6.62. The molecule has 5 rings (SSSR count). The number of allylic oxidation sites excluding steroid dienone is 2. The lowest BCUT2D eigenvalue weighted by Gasteiger charge is -2.30. The quantitative estimate of drug-likeness (QED) is 0.247. The van der Waals surface area contributed by atoms with Crippen LogP contribution in [0.2, 0.25) is 5.02 Å². The van der Waals surface area contributed by atoms with Gasteiger partial charge in [0.1, 0.15) is 23.7 Å². The number of methoxy groups -OCH3 is 1. The maximum Gasteiger partial charge on any atom is 0.346 e. The van der Waals surface area contributed by atoms with Crippen LogP contribution in [0.15, 0.2) is 30.4 Å². The minimum atomic E-state index is -0.842. The lowest BCUT2D eigenvalue weighted by molar-refractivity contribution is -0.146. The van der Waals surface area contributed by atoms with Crippen LogP contribution in [-0.2, 0) is 16.1 Å². The third-order valence-corrected chi connectivity index (χ3v) is 8.50. The van der Waals surface area contributed by atoms with Crippen LogP contribution in [0.25, 0.3) is 0 Å². The second kappa shape index (κ2) is 9.93. The molecule has 0 amide bonds. The van der Waals surface area contributed by atoms with E-state index in [0.717, 1.165) is 12.8 Å².